The van der Waals surface area contributed by atoms with Crippen molar-refractivity contribution in [2.45, 2.75) is 32.7 Å². The second-order valence-corrected chi connectivity index (χ2v) is 10.8. The number of fused-ring (bicyclic) bond motifs is 1. The number of amides is 1. The lowest BCUT2D eigenvalue weighted by atomic mass is 10.1. The molecule has 1 amide bonds. The number of para-hydroxylation sites is 1. The van der Waals surface area contributed by atoms with Gasteiger partial charge in [0.05, 0.1) is 20.1 Å². The van der Waals surface area contributed by atoms with E-state index in [0.717, 1.165) is 30.0 Å². The van der Waals surface area contributed by atoms with Gasteiger partial charge in [0, 0.05) is 37.6 Å². The number of esters is 1. The smallest absolute Gasteiger partial charge is 0.414 e. The Morgan fingerprint density at radius 2 is 1.54 bits per heavy atom. The van der Waals surface area contributed by atoms with Crippen LogP contribution in [0.25, 0.3) is 11.5 Å². The van der Waals surface area contributed by atoms with Crippen LogP contribution < -0.4 is 15.1 Å². The van der Waals surface area contributed by atoms with Gasteiger partial charge in [-0.1, -0.05) is 72.8 Å². The maximum Gasteiger partial charge on any atom is 0.414 e. The van der Waals surface area contributed by atoms with Gasteiger partial charge in [0.25, 0.3) is 0 Å². The molecule has 5 aromatic rings. The third-order valence-corrected chi connectivity index (χ3v) is 7.63. The van der Waals surface area contributed by atoms with Crippen LogP contribution >= 0.6 is 0 Å². The van der Waals surface area contributed by atoms with Crippen LogP contribution in [0.5, 0.6) is 0 Å². The fraction of sp³-hybridized carbons (Fsp3) is 0.194. The highest BCUT2D eigenvalue weighted by atomic mass is 16.6. The summed E-state index contributed by atoms with van der Waals surface area (Å²) in [4.78, 5) is 43.2. The minimum absolute atomic E-state index is 0.164. The number of carbonyl (C=O) groups excluding carboxylic acids is 2. The normalized spacial score (nSPS) is 11.9. The van der Waals surface area contributed by atoms with Crippen LogP contribution in [0.3, 0.4) is 0 Å². The van der Waals surface area contributed by atoms with Crippen LogP contribution in [-0.4, -0.2) is 40.7 Å². The van der Waals surface area contributed by atoms with E-state index < -0.39 is 6.09 Å². The lowest BCUT2D eigenvalue weighted by Crippen LogP contribution is -2.31. The Bertz CT molecular complexity index is 1780. The second-order valence-electron chi connectivity index (χ2n) is 10.8. The van der Waals surface area contributed by atoms with Gasteiger partial charge >= 0.3 is 12.1 Å². The Morgan fingerprint density at radius 1 is 0.848 bits per heavy atom. The standard InChI is InChI=1S/C36H34N6O4/c1-45-34(43)17-19-38-32-21-33(41-23-28-12-8-9-13-29(28)24-41)40-35(39-32)31-20-27(16-18-37-31)22-42(30-14-6-3-7-15-30)36(44)46-25-26-10-4-2-5-11-26/h2-16,18,20-21H,17,19,22-25H2,1H3,(H,38,39,40). The molecule has 46 heavy (non-hydrogen) atoms. The molecule has 2 aromatic heterocycles. The molecule has 1 aliphatic heterocycles. The number of aromatic nitrogens is 3. The van der Waals surface area contributed by atoms with Crippen molar-refractivity contribution in [1.29, 1.82) is 0 Å². The van der Waals surface area contributed by atoms with Crippen molar-refractivity contribution < 1.29 is 19.1 Å². The fourth-order valence-electron chi connectivity index (χ4n) is 5.24. The number of anilines is 3. The summed E-state index contributed by atoms with van der Waals surface area (Å²) in [6, 6.07) is 33.0. The maximum atomic E-state index is 13.4. The molecule has 10 heteroatoms. The first kappa shape index (κ1) is 30.3. The summed E-state index contributed by atoms with van der Waals surface area (Å²) in [5.74, 6) is 1.43. The molecule has 0 saturated carbocycles. The number of hydrogen-bond acceptors (Lipinski definition) is 9. The van der Waals surface area contributed by atoms with Crippen molar-refractivity contribution >= 4 is 29.4 Å². The van der Waals surface area contributed by atoms with Gasteiger partial charge in [-0.15, -0.1) is 0 Å². The fourth-order valence-corrected chi connectivity index (χ4v) is 5.24. The van der Waals surface area contributed by atoms with Crippen LogP contribution in [0.2, 0.25) is 0 Å². The van der Waals surface area contributed by atoms with Crippen molar-refractivity contribution in [3.63, 3.8) is 0 Å². The molecule has 0 bridgehead atoms. The molecule has 0 saturated heterocycles. The van der Waals surface area contributed by atoms with E-state index >= 15 is 0 Å². The number of pyridine rings is 1. The summed E-state index contributed by atoms with van der Waals surface area (Å²) in [5.41, 5.74) is 5.50. The van der Waals surface area contributed by atoms with Crippen molar-refractivity contribution in [2.75, 3.05) is 28.8 Å². The molecule has 0 atom stereocenters. The summed E-state index contributed by atoms with van der Waals surface area (Å²) in [5, 5.41) is 3.24. The molecule has 10 nitrogen and oxygen atoms in total. The number of methoxy groups -OCH3 is 1. The van der Waals surface area contributed by atoms with E-state index in [9.17, 15) is 9.59 Å². The SMILES string of the molecule is COC(=O)CCNc1cc(N2Cc3ccccc3C2)nc(-c2cc(CN(C(=O)OCc3ccccc3)c3ccccc3)ccn2)n1. The molecule has 0 unspecified atom stereocenters. The highest BCUT2D eigenvalue weighted by molar-refractivity contribution is 5.87. The first-order valence-electron chi connectivity index (χ1n) is 15.1. The van der Waals surface area contributed by atoms with Crippen LogP contribution in [0, 0.1) is 0 Å². The summed E-state index contributed by atoms with van der Waals surface area (Å²) in [7, 11) is 1.37. The Hall–Kier alpha value is -5.77. The zero-order chi connectivity index (χ0) is 31.7. The average Bonchev–Trinajstić information content (AvgIpc) is 3.55. The number of nitrogens with zero attached hydrogens (tertiary/aromatic N) is 5. The van der Waals surface area contributed by atoms with E-state index in [1.54, 1.807) is 11.1 Å². The Morgan fingerprint density at radius 3 is 2.26 bits per heavy atom. The first-order chi connectivity index (χ1) is 22.6. The number of ether oxygens (including phenoxy) is 2. The molecule has 0 radical (unpaired) electrons. The molecule has 1 N–H and O–H groups in total. The molecule has 3 heterocycles. The molecule has 0 aliphatic carbocycles. The third kappa shape index (κ3) is 7.47. The summed E-state index contributed by atoms with van der Waals surface area (Å²) < 4.78 is 10.5. The topological polar surface area (TPSA) is 110 Å². The minimum Gasteiger partial charge on any atom is -0.469 e. The number of benzene rings is 3. The van der Waals surface area contributed by atoms with Gasteiger partial charge < -0.3 is 19.7 Å². The van der Waals surface area contributed by atoms with Crippen molar-refractivity contribution in [3.8, 4) is 11.5 Å². The average molecular weight is 615 g/mol. The van der Waals surface area contributed by atoms with Crippen molar-refractivity contribution in [3.05, 3.63) is 132 Å². The number of nitrogens with one attached hydrogen (secondary N) is 1. The first-order valence-corrected chi connectivity index (χ1v) is 15.1. The summed E-state index contributed by atoms with van der Waals surface area (Å²) in [6.07, 6.45) is 1.43. The minimum atomic E-state index is -0.461. The highest BCUT2D eigenvalue weighted by Crippen LogP contribution is 2.30. The quantitative estimate of drug-likeness (QED) is 0.170. The monoisotopic (exact) mass is 614 g/mol. The predicted octanol–water partition coefficient (Wildman–Crippen LogP) is 6.38. The van der Waals surface area contributed by atoms with Crippen LogP contribution in [-0.2, 0) is 40.5 Å². The van der Waals surface area contributed by atoms with E-state index in [-0.39, 0.29) is 25.5 Å². The van der Waals surface area contributed by atoms with Gasteiger partial charge in [0.2, 0.25) is 0 Å². The van der Waals surface area contributed by atoms with Gasteiger partial charge in [0.15, 0.2) is 5.82 Å². The van der Waals surface area contributed by atoms with E-state index in [1.165, 1.54) is 18.2 Å². The Balaban J connectivity index is 1.27. The third-order valence-electron chi connectivity index (χ3n) is 7.63. The number of hydrogen-bond donors (Lipinski definition) is 1. The molecular weight excluding hydrogens is 580 g/mol. The zero-order valence-corrected chi connectivity index (χ0v) is 25.5. The van der Waals surface area contributed by atoms with Crippen molar-refractivity contribution in [2.24, 2.45) is 0 Å². The van der Waals surface area contributed by atoms with Crippen molar-refractivity contribution in [1.82, 2.24) is 15.0 Å². The lowest BCUT2D eigenvalue weighted by Gasteiger charge is -2.23. The summed E-state index contributed by atoms with van der Waals surface area (Å²) in [6.45, 7) is 2.21. The second kappa shape index (κ2) is 14.3. The van der Waals surface area contributed by atoms with Crippen LogP contribution in [0.1, 0.15) is 28.7 Å². The van der Waals surface area contributed by atoms with Gasteiger partial charge in [-0.25, -0.2) is 14.8 Å². The van der Waals surface area contributed by atoms with E-state index in [2.05, 4.69) is 27.3 Å². The molecule has 0 spiro atoms. The molecule has 6 rings (SSSR count). The van der Waals surface area contributed by atoms with Crippen LogP contribution in [0.15, 0.2) is 109 Å². The maximum absolute atomic E-state index is 13.4. The summed E-state index contributed by atoms with van der Waals surface area (Å²) >= 11 is 0. The Kier molecular flexibility index (Phi) is 9.44. The van der Waals surface area contributed by atoms with Crippen LogP contribution in [0.4, 0.5) is 22.1 Å². The number of carbonyl (C=O) groups is 2. The molecule has 3 aromatic carbocycles. The van der Waals surface area contributed by atoms with Gasteiger partial charge in [0.1, 0.15) is 23.9 Å². The lowest BCUT2D eigenvalue weighted by molar-refractivity contribution is -0.140. The highest BCUT2D eigenvalue weighted by Gasteiger charge is 2.23. The van der Waals surface area contributed by atoms with Gasteiger partial charge in [-0.3, -0.25) is 14.7 Å². The Labute approximate surface area is 267 Å². The van der Waals surface area contributed by atoms with E-state index in [1.807, 2.05) is 91.0 Å². The van der Waals surface area contributed by atoms with Gasteiger partial charge in [-0.2, -0.15) is 0 Å². The van der Waals surface area contributed by atoms with Gasteiger partial charge in [-0.05, 0) is 46.5 Å². The predicted molar refractivity (Wildman–Crippen MR) is 176 cm³/mol. The molecular formula is C36H34N6O4. The zero-order valence-electron chi connectivity index (χ0n) is 25.5. The molecule has 232 valence electrons. The van der Waals surface area contributed by atoms with E-state index in [0.29, 0.717) is 29.6 Å². The largest absolute Gasteiger partial charge is 0.469 e. The molecule has 0 fully saturated rings. The number of rotatable bonds is 11. The van der Waals surface area contributed by atoms with E-state index in [4.69, 9.17) is 19.4 Å². The molecule has 1 aliphatic rings.